The lowest BCUT2D eigenvalue weighted by molar-refractivity contribution is 0.102. The summed E-state index contributed by atoms with van der Waals surface area (Å²) in [5.74, 6) is 0.267. The van der Waals surface area contributed by atoms with Crippen LogP contribution in [-0.4, -0.2) is 12.5 Å². The van der Waals surface area contributed by atoms with E-state index in [1.165, 1.54) is 17.6 Å². The van der Waals surface area contributed by atoms with Crippen LogP contribution < -0.4 is 10.1 Å². The number of carbonyl (C=O) groups is 1. The van der Waals surface area contributed by atoms with Crippen molar-refractivity contribution in [2.24, 2.45) is 5.41 Å². The Morgan fingerprint density at radius 2 is 1.74 bits per heavy atom. The summed E-state index contributed by atoms with van der Waals surface area (Å²) in [5, 5.41) is 2.88. The fourth-order valence-corrected chi connectivity index (χ4v) is 4.46. The highest BCUT2D eigenvalue weighted by Gasteiger charge is 2.26. The Morgan fingerprint density at radius 3 is 2.37 bits per heavy atom. The Kier molecular flexibility index (Phi) is 9.08. The standard InChI is InChI=1S/C31H38FNO2/c1-6-7-21-35-27-17-15-26(16-18-27)33-30(34)25-13-11-24(12-14-25)29(32)23(3)10-19-28-22(2)9-8-20-31(28,4)5/h10-19H,6-9,20-21H2,1-5H3,(H,33,34)/b19-10+,29-23-. The molecule has 0 atom stereocenters. The van der Waals surface area contributed by atoms with E-state index in [-0.39, 0.29) is 17.1 Å². The third-order valence-corrected chi connectivity index (χ3v) is 6.67. The maximum Gasteiger partial charge on any atom is 0.255 e. The molecule has 0 aromatic heterocycles. The van der Waals surface area contributed by atoms with Crippen molar-refractivity contribution >= 4 is 17.4 Å². The summed E-state index contributed by atoms with van der Waals surface area (Å²) in [5.41, 5.74) is 5.01. The second kappa shape index (κ2) is 12.0. The predicted octanol–water partition coefficient (Wildman–Crippen LogP) is 8.90. The van der Waals surface area contributed by atoms with Gasteiger partial charge in [-0.3, -0.25) is 4.79 Å². The first kappa shape index (κ1) is 26.5. The molecule has 2 aromatic rings. The molecule has 0 saturated carbocycles. The van der Waals surface area contributed by atoms with E-state index >= 15 is 4.39 Å². The van der Waals surface area contributed by atoms with Gasteiger partial charge in [0.25, 0.3) is 5.91 Å². The summed E-state index contributed by atoms with van der Waals surface area (Å²) in [7, 11) is 0. The van der Waals surface area contributed by atoms with E-state index < -0.39 is 0 Å². The van der Waals surface area contributed by atoms with Crippen LogP contribution in [0.5, 0.6) is 5.75 Å². The number of amides is 1. The summed E-state index contributed by atoms with van der Waals surface area (Å²) in [4.78, 5) is 12.6. The minimum absolute atomic E-state index is 0.118. The molecule has 0 spiro atoms. The minimum Gasteiger partial charge on any atom is -0.494 e. The molecule has 0 bridgehead atoms. The van der Waals surface area contributed by atoms with E-state index in [2.05, 4.69) is 39.1 Å². The number of ether oxygens (including phenoxy) is 1. The summed E-state index contributed by atoms with van der Waals surface area (Å²) >= 11 is 0. The summed E-state index contributed by atoms with van der Waals surface area (Å²) in [6.45, 7) is 11.3. The number of carbonyl (C=O) groups excluding carboxylic acids is 1. The molecule has 0 saturated heterocycles. The number of nitrogens with one attached hydrogen (secondary N) is 1. The molecule has 35 heavy (non-hydrogen) atoms. The van der Waals surface area contributed by atoms with Crippen LogP contribution in [0.4, 0.5) is 10.1 Å². The lowest BCUT2D eigenvalue weighted by Gasteiger charge is -2.33. The summed E-state index contributed by atoms with van der Waals surface area (Å²) in [6.07, 6.45) is 9.50. The molecule has 0 fully saturated rings. The molecule has 0 unspecified atom stereocenters. The van der Waals surface area contributed by atoms with Crippen molar-refractivity contribution < 1.29 is 13.9 Å². The van der Waals surface area contributed by atoms with Crippen molar-refractivity contribution in [3.8, 4) is 5.75 Å². The lowest BCUT2D eigenvalue weighted by Crippen LogP contribution is -2.19. The van der Waals surface area contributed by atoms with Gasteiger partial charge < -0.3 is 10.1 Å². The molecule has 4 heteroatoms. The average Bonchev–Trinajstić information content (AvgIpc) is 2.84. The molecule has 3 nitrogen and oxygen atoms in total. The third-order valence-electron chi connectivity index (χ3n) is 6.67. The number of halogens is 1. The van der Waals surface area contributed by atoms with Crippen molar-refractivity contribution in [1.82, 2.24) is 0 Å². The van der Waals surface area contributed by atoms with Crippen LogP contribution in [0.25, 0.3) is 5.83 Å². The van der Waals surface area contributed by atoms with Gasteiger partial charge in [-0.05, 0) is 92.5 Å². The number of allylic oxidation sites excluding steroid dienone is 5. The van der Waals surface area contributed by atoms with Gasteiger partial charge in [0.15, 0.2) is 0 Å². The van der Waals surface area contributed by atoms with Gasteiger partial charge >= 0.3 is 0 Å². The summed E-state index contributed by atoms with van der Waals surface area (Å²) in [6, 6.07) is 13.9. The fraction of sp³-hybridized carbons (Fsp3) is 0.387. The van der Waals surface area contributed by atoms with E-state index in [0.717, 1.165) is 31.4 Å². The zero-order chi connectivity index (χ0) is 25.4. The van der Waals surface area contributed by atoms with Gasteiger partial charge in [0.2, 0.25) is 0 Å². The van der Waals surface area contributed by atoms with Crippen molar-refractivity contribution in [3.63, 3.8) is 0 Å². The molecule has 0 heterocycles. The van der Waals surface area contributed by atoms with Crippen LogP contribution in [0.15, 0.2) is 77.4 Å². The van der Waals surface area contributed by atoms with E-state index in [4.69, 9.17) is 4.74 Å². The van der Waals surface area contributed by atoms with E-state index in [1.54, 1.807) is 31.2 Å². The number of anilines is 1. The number of unbranched alkanes of at least 4 members (excludes halogenated alkanes) is 1. The molecular formula is C31H38FNO2. The van der Waals surface area contributed by atoms with Gasteiger partial charge in [-0.15, -0.1) is 0 Å². The molecule has 2 aromatic carbocycles. The Hall–Kier alpha value is -3.14. The molecular weight excluding hydrogens is 437 g/mol. The van der Waals surface area contributed by atoms with E-state index in [9.17, 15) is 4.79 Å². The summed E-state index contributed by atoms with van der Waals surface area (Å²) < 4.78 is 20.8. The third kappa shape index (κ3) is 7.17. The maximum atomic E-state index is 15.1. The number of benzene rings is 2. The van der Waals surface area contributed by atoms with Gasteiger partial charge in [0, 0.05) is 16.8 Å². The number of hydrogen-bond acceptors (Lipinski definition) is 2. The molecule has 1 aliphatic rings. The largest absolute Gasteiger partial charge is 0.494 e. The molecule has 0 radical (unpaired) electrons. The molecule has 186 valence electrons. The highest BCUT2D eigenvalue weighted by atomic mass is 19.1. The molecule has 3 rings (SSSR count). The van der Waals surface area contributed by atoms with Gasteiger partial charge in [-0.2, -0.15) is 0 Å². The van der Waals surface area contributed by atoms with Crippen LogP contribution in [-0.2, 0) is 0 Å². The van der Waals surface area contributed by atoms with Crippen LogP contribution in [0.1, 0.15) is 82.6 Å². The van der Waals surface area contributed by atoms with E-state index in [0.29, 0.717) is 29.0 Å². The van der Waals surface area contributed by atoms with Crippen LogP contribution >= 0.6 is 0 Å². The predicted molar refractivity (Wildman–Crippen MR) is 144 cm³/mol. The van der Waals surface area contributed by atoms with Gasteiger partial charge in [0.1, 0.15) is 11.6 Å². The van der Waals surface area contributed by atoms with Crippen molar-refractivity contribution in [2.75, 3.05) is 11.9 Å². The quantitative estimate of drug-likeness (QED) is 0.290. The van der Waals surface area contributed by atoms with Gasteiger partial charge in [0.05, 0.1) is 6.61 Å². The minimum atomic E-state index is -0.279. The van der Waals surface area contributed by atoms with Crippen LogP contribution in [0.3, 0.4) is 0 Å². The van der Waals surface area contributed by atoms with Gasteiger partial charge in [-0.25, -0.2) is 4.39 Å². The lowest BCUT2D eigenvalue weighted by atomic mass is 9.72. The Balaban J connectivity index is 1.65. The molecule has 0 aliphatic heterocycles. The van der Waals surface area contributed by atoms with Crippen molar-refractivity contribution in [1.29, 1.82) is 0 Å². The normalized spacial score (nSPS) is 16.3. The SMILES string of the molecule is CCCCOc1ccc(NC(=O)c2ccc(/C(F)=C(C)/C=C/C3=C(C)CCCC3(C)C)cc2)cc1. The Morgan fingerprint density at radius 1 is 1.09 bits per heavy atom. The fourth-order valence-electron chi connectivity index (χ4n) is 4.46. The van der Waals surface area contributed by atoms with Crippen LogP contribution in [0, 0.1) is 5.41 Å². The monoisotopic (exact) mass is 475 g/mol. The smallest absolute Gasteiger partial charge is 0.255 e. The topological polar surface area (TPSA) is 38.3 Å². The molecule has 1 amide bonds. The van der Waals surface area contributed by atoms with Crippen molar-refractivity contribution in [3.05, 3.63) is 88.5 Å². The second-order valence-electron chi connectivity index (χ2n) is 10.0. The molecule has 1 N–H and O–H groups in total. The van der Waals surface area contributed by atoms with E-state index in [1.807, 2.05) is 30.3 Å². The first-order valence-electron chi connectivity index (χ1n) is 12.6. The zero-order valence-corrected chi connectivity index (χ0v) is 21.7. The van der Waals surface area contributed by atoms with Gasteiger partial charge in [-0.1, -0.05) is 57.0 Å². The first-order chi connectivity index (χ1) is 16.7. The average molecular weight is 476 g/mol. The number of hydrogen-bond donors (Lipinski definition) is 1. The highest BCUT2D eigenvalue weighted by molar-refractivity contribution is 6.04. The highest BCUT2D eigenvalue weighted by Crippen LogP contribution is 2.41. The van der Waals surface area contributed by atoms with Crippen molar-refractivity contribution in [2.45, 2.75) is 66.7 Å². The second-order valence-corrected chi connectivity index (χ2v) is 10.0. The number of rotatable bonds is 9. The Labute approximate surface area is 209 Å². The molecule has 1 aliphatic carbocycles. The maximum absolute atomic E-state index is 15.1. The first-order valence-corrected chi connectivity index (χ1v) is 12.6. The Bertz CT molecular complexity index is 1110. The van der Waals surface area contributed by atoms with Crippen LogP contribution in [0.2, 0.25) is 0 Å². The zero-order valence-electron chi connectivity index (χ0n) is 21.7.